The van der Waals surface area contributed by atoms with E-state index in [1.165, 1.54) is 17.8 Å². The number of aryl methyl sites for hydroxylation is 1. The summed E-state index contributed by atoms with van der Waals surface area (Å²) >= 11 is 1.42. The van der Waals surface area contributed by atoms with Crippen molar-refractivity contribution in [2.75, 3.05) is 37.3 Å². The number of hydrogen-bond acceptors (Lipinski definition) is 5. The standard InChI is InChI=1S/C17H19FN4OS/c1-12-11-14(20-17(19-12)24-2)16(23)22-9-7-21(8-10-22)15-6-4-3-5-13(15)18/h3-6,11H,7-10H2,1-2H3. The maximum absolute atomic E-state index is 13.9. The number of piperazine rings is 1. The number of thioether (sulfide) groups is 1. The minimum Gasteiger partial charge on any atom is -0.366 e. The molecule has 0 saturated carbocycles. The van der Waals surface area contributed by atoms with Crippen molar-refractivity contribution in [2.45, 2.75) is 12.1 Å². The minimum absolute atomic E-state index is 0.0935. The summed E-state index contributed by atoms with van der Waals surface area (Å²) in [6.07, 6.45) is 1.89. The van der Waals surface area contributed by atoms with E-state index >= 15 is 0 Å². The van der Waals surface area contributed by atoms with Gasteiger partial charge in [-0.05, 0) is 31.4 Å². The fourth-order valence-electron chi connectivity index (χ4n) is 2.76. The zero-order valence-electron chi connectivity index (χ0n) is 13.7. The van der Waals surface area contributed by atoms with Gasteiger partial charge in [-0.3, -0.25) is 4.79 Å². The summed E-state index contributed by atoms with van der Waals surface area (Å²) in [5.74, 6) is -0.322. The summed E-state index contributed by atoms with van der Waals surface area (Å²) in [6.45, 7) is 4.15. The molecule has 2 heterocycles. The second kappa shape index (κ2) is 7.17. The molecule has 7 heteroatoms. The van der Waals surface area contributed by atoms with Gasteiger partial charge in [-0.1, -0.05) is 23.9 Å². The van der Waals surface area contributed by atoms with Crippen molar-refractivity contribution in [3.05, 3.63) is 47.5 Å². The average Bonchev–Trinajstić information content (AvgIpc) is 2.61. The van der Waals surface area contributed by atoms with E-state index in [0.29, 0.717) is 42.7 Å². The van der Waals surface area contributed by atoms with Crippen molar-refractivity contribution in [1.82, 2.24) is 14.9 Å². The van der Waals surface area contributed by atoms with Gasteiger partial charge in [0.05, 0.1) is 5.69 Å². The van der Waals surface area contributed by atoms with Crippen LogP contribution in [0.1, 0.15) is 16.2 Å². The van der Waals surface area contributed by atoms with E-state index in [0.717, 1.165) is 5.69 Å². The Labute approximate surface area is 144 Å². The fourth-order valence-corrected chi connectivity index (χ4v) is 3.19. The van der Waals surface area contributed by atoms with E-state index in [2.05, 4.69) is 9.97 Å². The number of hydrogen-bond donors (Lipinski definition) is 0. The number of para-hydroxylation sites is 1. The molecule has 0 aliphatic carbocycles. The number of aromatic nitrogens is 2. The highest BCUT2D eigenvalue weighted by molar-refractivity contribution is 7.98. The zero-order chi connectivity index (χ0) is 17.1. The summed E-state index contributed by atoms with van der Waals surface area (Å²) < 4.78 is 13.9. The van der Waals surface area contributed by atoms with Gasteiger partial charge in [-0.2, -0.15) is 0 Å². The van der Waals surface area contributed by atoms with Crippen LogP contribution in [0.25, 0.3) is 0 Å². The molecule has 2 aromatic rings. The van der Waals surface area contributed by atoms with Crippen LogP contribution in [0.4, 0.5) is 10.1 Å². The maximum Gasteiger partial charge on any atom is 0.272 e. The molecule has 1 aromatic heterocycles. The molecule has 0 unspecified atom stereocenters. The van der Waals surface area contributed by atoms with E-state index in [-0.39, 0.29) is 11.7 Å². The molecule has 3 rings (SSSR count). The van der Waals surface area contributed by atoms with E-state index in [1.54, 1.807) is 23.1 Å². The molecule has 0 N–H and O–H groups in total. The third-order valence-electron chi connectivity index (χ3n) is 4.00. The first-order valence-electron chi connectivity index (χ1n) is 7.77. The predicted molar refractivity (Wildman–Crippen MR) is 93.1 cm³/mol. The molecular weight excluding hydrogens is 327 g/mol. The predicted octanol–water partition coefficient (Wildman–Crippen LogP) is 2.61. The largest absolute Gasteiger partial charge is 0.366 e. The minimum atomic E-state index is -0.228. The quantitative estimate of drug-likeness (QED) is 0.632. The lowest BCUT2D eigenvalue weighted by Gasteiger charge is -2.36. The van der Waals surface area contributed by atoms with Gasteiger partial charge >= 0.3 is 0 Å². The first kappa shape index (κ1) is 16.7. The van der Waals surface area contributed by atoms with Crippen LogP contribution in [0.15, 0.2) is 35.5 Å². The van der Waals surface area contributed by atoms with Crippen molar-refractivity contribution >= 4 is 23.4 Å². The summed E-state index contributed by atoms with van der Waals surface area (Å²) in [5.41, 5.74) is 1.79. The third kappa shape index (κ3) is 3.51. The first-order valence-corrected chi connectivity index (χ1v) is 8.99. The third-order valence-corrected chi connectivity index (χ3v) is 4.54. The van der Waals surface area contributed by atoms with Crippen LogP contribution in [0.5, 0.6) is 0 Å². The van der Waals surface area contributed by atoms with Crippen LogP contribution >= 0.6 is 11.8 Å². The fraction of sp³-hybridized carbons (Fsp3) is 0.353. The number of rotatable bonds is 3. The highest BCUT2D eigenvalue weighted by Crippen LogP contribution is 2.21. The normalized spacial score (nSPS) is 14.8. The topological polar surface area (TPSA) is 49.3 Å². The number of carbonyl (C=O) groups is 1. The molecular formula is C17H19FN4OS. The Morgan fingerprint density at radius 3 is 2.54 bits per heavy atom. The van der Waals surface area contributed by atoms with Crippen LogP contribution in [0.2, 0.25) is 0 Å². The Kier molecular flexibility index (Phi) is 4.99. The van der Waals surface area contributed by atoms with Gasteiger partial charge in [-0.15, -0.1) is 0 Å². The van der Waals surface area contributed by atoms with Gasteiger partial charge in [0.25, 0.3) is 5.91 Å². The number of amides is 1. The SMILES string of the molecule is CSc1nc(C)cc(C(=O)N2CCN(c3ccccc3F)CC2)n1. The molecule has 1 saturated heterocycles. The molecule has 126 valence electrons. The van der Waals surface area contributed by atoms with Gasteiger partial charge in [0.1, 0.15) is 11.5 Å². The van der Waals surface area contributed by atoms with E-state index in [9.17, 15) is 9.18 Å². The van der Waals surface area contributed by atoms with E-state index < -0.39 is 0 Å². The molecule has 1 aliphatic rings. The summed E-state index contributed by atoms with van der Waals surface area (Å²) in [5, 5.41) is 0.600. The molecule has 1 fully saturated rings. The lowest BCUT2D eigenvalue weighted by atomic mass is 10.2. The number of benzene rings is 1. The highest BCUT2D eigenvalue weighted by atomic mass is 32.2. The lowest BCUT2D eigenvalue weighted by Crippen LogP contribution is -2.49. The second-order valence-corrected chi connectivity index (χ2v) is 6.39. The molecule has 1 aliphatic heterocycles. The average molecular weight is 346 g/mol. The van der Waals surface area contributed by atoms with Gasteiger partial charge in [-0.25, -0.2) is 14.4 Å². The first-order chi connectivity index (χ1) is 11.6. The van der Waals surface area contributed by atoms with Crippen molar-refractivity contribution in [3.63, 3.8) is 0 Å². The Bertz CT molecular complexity index is 747. The summed E-state index contributed by atoms with van der Waals surface area (Å²) in [7, 11) is 0. The van der Waals surface area contributed by atoms with Crippen molar-refractivity contribution in [2.24, 2.45) is 0 Å². The molecule has 1 amide bonds. The van der Waals surface area contributed by atoms with Crippen LogP contribution in [0, 0.1) is 12.7 Å². The number of nitrogens with zero attached hydrogens (tertiary/aromatic N) is 4. The van der Waals surface area contributed by atoms with Gasteiger partial charge < -0.3 is 9.80 Å². The second-order valence-electron chi connectivity index (χ2n) is 5.61. The summed E-state index contributed by atoms with van der Waals surface area (Å²) in [6, 6.07) is 8.44. The highest BCUT2D eigenvalue weighted by Gasteiger charge is 2.24. The Hall–Kier alpha value is -2.15. The van der Waals surface area contributed by atoms with Gasteiger partial charge in [0.15, 0.2) is 5.16 Å². The molecule has 0 atom stereocenters. The molecule has 0 bridgehead atoms. The Morgan fingerprint density at radius 2 is 1.88 bits per heavy atom. The summed E-state index contributed by atoms with van der Waals surface area (Å²) in [4.78, 5) is 25.0. The van der Waals surface area contributed by atoms with Gasteiger partial charge in [0.2, 0.25) is 0 Å². The maximum atomic E-state index is 13.9. The monoisotopic (exact) mass is 346 g/mol. The molecule has 5 nitrogen and oxygen atoms in total. The molecule has 0 radical (unpaired) electrons. The molecule has 1 aromatic carbocycles. The van der Waals surface area contributed by atoms with Gasteiger partial charge in [0, 0.05) is 31.9 Å². The number of anilines is 1. The number of carbonyl (C=O) groups excluding carboxylic acids is 1. The number of halogens is 1. The lowest BCUT2D eigenvalue weighted by molar-refractivity contribution is 0.0739. The molecule has 24 heavy (non-hydrogen) atoms. The van der Waals surface area contributed by atoms with Crippen LogP contribution in [-0.4, -0.2) is 53.2 Å². The smallest absolute Gasteiger partial charge is 0.272 e. The van der Waals surface area contributed by atoms with Crippen molar-refractivity contribution < 1.29 is 9.18 Å². The van der Waals surface area contributed by atoms with E-state index in [1.807, 2.05) is 24.1 Å². The zero-order valence-corrected chi connectivity index (χ0v) is 14.5. The van der Waals surface area contributed by atoms with E-state index in [4.69, 9.17) is 0 Å². The van der Waals surface area contributed by atoms with Crippen LogP contribution in [0.3, 0.4) is 0 Å². The molecule has 0 spiro atoms. The van der Waals surface area contributed by atoms with Crippen molar-refractivity contribution in [1.29, 1.82) is 0 Å². The van der Waals surface area contributed by atoms with Crippen LogP contribution < -0.4 is 4.90 Å². The van der Waals surface area contributed by atoms with Crippen LogP contribution in [-0.2, 0) is 0 Å². The van der Waals surface area contributed by atoms with Crippen molar-refractivity contribution in [3.8, 4) is 0 Å². The Balaban J connectivity index is 1.69. The Morgan fingerprint density at radius 1 is 1.17 bits per heavy atom.